The number of anilines is 1. The molecule has 0 aliphatic carbocycles. The lowest BCUT2D eigenvalue weighted by Crippen LogP contribution is -2.39. The van der Waals surface area contributed by atoms with E-state index in [1.54, 1.807) is 6.07 Å². The summed E-state index contributed by atoms with van der Waals surface area (Å²) >= 11 is 0. The Kier molecular flexibility index (Phi) is 6.27. The molecule has 1 fully saturated rings. The minimum absolute atomic E-state index is 0.0273. The molecule has 3 heterocycles. The molecule has 1 aliphatic heterocycles. The Morgan fingerprint density at radius 2 is 2.10 bits per heavy atom. The van der Waals surface area contributed by atoms with Gasteiger partial charge in [-0.15, -0.1) is 0 Å². The van der Waals surface area contributed by atoms with Crippen molar-refractivity contribution in [1.82, 2.24) is 15.0 Å². The van der Waals surface area contributed by atoms with Crippen LogP contribution in [0.1, 0.15) is 23.4 Å². The maximum Gasteiger partial charge on any atom is 0.228 e. The number of amides is 1. The van der Waals surface area contributed by atoms with Crippen LogP contribution in [0.25, 0.3) is 11.1 Å². The molecule has 1 saturated heterocycles. The van der Waals surface area contributed by atoms with Gasteiger partial charge >= 0.3 is 0 Å². The zero-order valence-corrected chi connectivity index (χ0v) is 17.7. The lowest BCUT2D eigenvalue weighted by Gasteiger charge is -2.30. The van der Waals surface area contributed by atoms with Crippen LogP contribution in [0.15, 0.2) is 41.2 Å². The zero-order valence-electron chi connectivity index (χ0n) is 17.7. The highest BCUT2D eigenvalue weighted by atomic mass is 19.1. The van der Waals surface area contributed by atoms with E-state index in [0.717, 1.165) is 42.7 Å². The molecule has 0 bridgehead atoms. The summed E-state index contributed by atoms with van der Waals surface area (Å²) in [6, 6.07) is 6.79. The van der Waals surface area contributed by atoms with E-state index in [1.807, 2.05) is 26.0 Å². The highest BCUT2D eigenvalue weighted by Gasteiger charge is 2.19. The van der Waals surface area contributed by atoms with Gasteiger partial charge in [0.1, 0.15) is 23.9 Å². The standard InChI is InChI=1S/C23H25FN4O3/c1-15-23(16(2)31-27-15)20-12-19(4-5-21(20)30-9-8-28-6-3-7-28)26-22(29)11-17-10-18(24)14-25-13-17/h4-5,10,12-14H,3,6-9,11H2,1-2H3,(H,26,29). The molecule has 1 amide bonds. The monoisotopic (exact) mass is 424 g/mol. The van der Waals surface area contributed by atoms with Crippen LogP contribution in [0.2, 0.25) is 0 Å². The second kappa shape index (κ2) is 9.26. The number of rotatable bonds is 8. The van der Waals surface area contributed by atoms with E-state index in [2.05, 4.69) is 20.4 Å². The number of nitrogens with one attached hydrogen (secondary N) is 1. The first kappa shape index (κ1) is 21.0. The van der Waals surface area contributed by atoms with Crippen molar-refractivity contribution in [2.75, 3.05) is 31.6 Å². The summed E-state index contributed by atoms with van der Waals surface area (Å²) in [6.07, 6.45) is 3.86. The number of pyridine rings is 1. The molecule has 2 aromatic heterocycles. The average Bonchev–Trinajstić information content (AvgIpc) is 3.02. The van der Waals surface area contributed by atoms with Gasteiger partial charge in [0, 0.05) is 24.0 Å². The van der Waals surface area contributed by atoms with Crippen molar-refractivity contribution in [2.45, 2.75) is 26.7 Å². The topological polar surface area (TPSA) is 80.5 Å². The average molecular weight is 424 g/mol. The third-order valence-corrected chi connectivity index (χ3v) is 5.31. The number of ether oxygens (including phenoxy) is 1. The van der Waals surface area contributed by atoms with Gasteiger partial charge in [-0.05, 0) is 63.2 Å². The number of likely N-dealkylation sites (tertiary alicyclic amines) is 1. The number of aromatic nitrogens is 2. The number of carbonyl (C=O) groups excluding carboxylic acids is 1. The molecule has 8 heteroatoms. The van der Waals surface area contributed by atoms with Crippen molar-refractivity contribution in [3.63, 3.8) is 0 Å². The van der Waals surface area contributed by atoms with Crippen LogP contribution in [0.3, 0.4) is 0 Å². The minimum atomic E-state index is -0.467. The van der Waals surface area contributed by atoms with Crippen LogP contribution in [0.5, 0.6) is 5.75 Å². The Morgan fingerprint density at radius 3 is 2.77 bits per heavy atom. The molecule has 7 nitrogen and oxygen atoms in total. The van der Waals surface area contributed by atoms with Gasteiger partial charge in [-0.1, -0.05) is 5.16 Å². The molecule has 3 aromatic rings. The number of carbonyl (C=O) groups is 1. The third kappa shape index (κ3) is 5.08. The SMILES string of the molecule is Cc1noc(C)c1-c1cc(NC(=O)Cc2cncc(F)c2)ccc1OCCN1CCC1. The van der Waals surface area contributed by atoms with Gasteiger partial charge in [0.25, 0.3) is 0 Å². The van der Waals surface area contributed by atoms with Crippen LogP contribution < -0.4 is 10.1 Å². The smallest absolute Gasteiger partial charge is 0.228 e. The molecule has 0 spiro atoms. The van der Waals surface area contributed by atoms with E-state index >= 15 is 0 Å². The largest absolute Gasteiger partial charge is 0.492 e. The Balaban J connectivity index is 1.53. The first-order chi connectivity index (χ1) is 15.0. The number of benzene rings is 1. The second-order valence-corrected chi connectivity index (χ2v) is 7.69. The fourth-order valence-electron chi connectivity index (χ4n) is 3.63. The fourth-order valence-corrected chi connectivity index (χ4v) is 3.63. The molecule has 1 aliphatic rings. The van der Waals surface area contributed by atoms with Crippen LogP contribution in [-0.2, 0) is 11.2 Å². The molecular formula is C23H25FN4O3. The third-order valence-electron chi connectivity index (χ3n) is 5.31. The Morgan fingerprint density at radius 1 is 1.26 bits per heavy atom. The Labute approximate surface area is 180 Å². The summed E-state index contributed by atoms with van der Waals surface area (Å²) in [4.78, 5) is 18.6. The first-order valence-electron chi connectivity index (χ1n) is 10.3. The van der Waals surface area contributed by atoms with Gasteiger partial charge in [0.05, 0.1) is 23.9 Å². The van der Waals surface area contributed by atoms with E-state index in [9.17, 15) is 9.18 Å². The maximum absolute atomic E-state index is 13.3. The van der Waals surface area contributed by atoms with Crippen molar-refractivity contribution < 1.29 is 18.4 Å². The summed E-state index contributed by atoms with van der Waals surface area (Å²) in [5, 5.41) is 6.92. The van der Waals surface area contributed by atoms with Crippen LogP contribution in [0, 0.1) is 19.7 Å². The molecule has 0 unspecified atom stereocenters. The van der Waals surface area contributed by atoms with Crippen molar-refractivity contribution in [1.29, 1.82) is 0 Å². The number of hydrogen-bond acceptors (Lipinski definition) is 6. The van der Waals surface area contributed by atoms with Crippen molar-refractivity contribution >= 4 is 11.6 Å². The molecule has 162 valence electrons. The number of halogens is 1. The van der Waals surface area contributed by atoms with Gasteiger partial charge in [0.15, 0.2) is 0 Å². The predicted molar refractivity (Wildman–Crippen MR) is 114 cm³/mol. The predicted octanol–water partition coefficient (Wildman–Crippen LogP) is 3.76. The Bertz CT molecular complexity index is 1060. The lowest BCUT2D eigenvalue weighted by molar-refractivity contribution is -0.115. The number of hydrogen-bond donors (Lipinski definition) is 1. The van der Waals surface area contributed by atoms with Crippen molar-refractivity contribution in [3.8, 4) is 16.9 Å². The van der Waals surface area contributed by atoms with E-state index < -0.39 is 5.82 Å². The van der Waals surface area contributed by atoms with Crippen LogP contribution >= 0.6 is 0 Å². The number of aryl methyl sites for hydroxylation is 2. The minimum Gasteiger partial charge on any atom is -0.492 e. The molecule has 4 rings (SSSR count). The summed E-state index contributed by atoms with van der Waals surface area (Å²) in [5.41, 5.74) is 3.53. The molecular weight excluding hydrogens is 399 g/mol. The van der Waals surface area contributed by atoms with Crippen molar-refractivity contribution in [3.05, 3.63) is 59.5 Å². The molecule has 0 saturated carbocycles. The fraction of sp³-hybridized carbons (Fsp3) is 0.348. The second-order valence-electron chi connectivity index (χ2n) is 7.69. The van der Waals surface area contributed by atoms with Gasteiger partial charge in [-0.2, -0.15) is 0 Å². The van der Waals surface area contributed by atoms with Crippen LogP contribution in [0.4, 0.5) is 10.1 Å². The number of nitrogens with zero attached hydrogens (tertiary/aromatic N) is 3. The molecule has 0 radical (unpaired) electrons. The normalized spacial score (nSPS) is 13.6. The summed E-state index contributed by atoms with van der Waals surface area (Å²) in [5.74, 6) is 0.663. The van der Waals surface area contributed by atoms with E-state index in [0.29, 0.717) is 29.4 Å². The Hall–Kier alpha value is -3.26. The lowest BCUT2D eigenvalue weighted by atomic mass is 10.0. The molecule has 31 heavy (non-hydrogen) atoms. The molecule has 0 atom stereocenters. The molecule has 1 N–H and O–H groups in total. The summed E-state index contributed by atoms with van der Waals surface area (Å²) < 4.78 is 24.7. The quantitative estimate of drug-likeness (QED) is 0.593. The van der Waals surface area contributed by atoms with Gasteiger partial charge in [0.2, 0.25) is 5.91 Å². The summed E-state index contributed by atoms with van der Waals surface area (Å²) in [7, 11) is 0. The van der Waals surface area contributed by atoms with E-state index in [1.165, 1.54) is 18.7 Å². The van der Waals surface area contributed by atoms with Gasteiger partial charge in [-0.25, -0.2) is 4.39 Å². The van der Waals surface area contributed by atoms with Gasteiger partial charge < -0.3 is 14.6 Å². The maximum atomic E-state index is 13.3. The zero-order chi connectivity index (χ0) is 21.8. The first-order valence-corrected chi connectivity index (χ1v) is 10.3. The van der Waals surface area contributed by atoms with Crippen molar-refractivity contribution in [2.24, 2.45) is 0 Å². The van der Waals surface area contributed by atoms with E-state index in [4.69, 9.17) is 9.26 Å². The highest BCUT2D eigenvalue weighted by molar-refractivity contribution is 5.93. The van der Waals surface area contributed by atoms with E-state index in [-0.39, 0.29) is 12.3 Å². The van der Waals surface area contributed by atoms with Gasteiger partial charge in [-0.3, -0.25) is 14.7 Å². The summed E-state index contributed by atoms with van der Waals surface area (Å²) in [6.45, 7) is 7.41. The molecule has 1 aromatic carbocycles. The van der Waals surface area contributed by atoms with Crippen LogP contribution in [-0.4, -0.2) is 47.2 Å². The highest BCUT2D eigenvalue weighted by Crippen LogP contribution is 2.36.